The van der Waals surface area contributed by atoms with Crippen molar-refractivity contribution in [2.24, 2.45) is 11.1 Å². The second-order valence-electron chi connectivity index (χ2n) is 4.82. The van der Waals surface area contributed by atoms with Gasteiger partial charge in [-0.1, -0.05) is 6.42 Å². The van der Waals surface area contributed by atoms with Gasteiger partial charge in [0.15, 0.2) is 0 Å². The Morgan fingerprint density at radius 1 is 1.42 bits per heavy atom. The predicted octanol–water partition coefficient (Wildman–Crippen LogP) is 1.21. The van der Waals surface area contributed by atoms with E-state index >= 15 is 0 Å². The van der Waals surface area contributed by atoms with Gasteiger partial charge in [-0.2, -0.15) is 0 Å². The molecule has 70 valence electrons. The third-order valence-corrected chi connectivity index (χ3v) is 3.48. The summed E-state index contributed by atoms with van der Waals surface area (Å²) in [4.78, 5) is 2.55. The van der Waals surface area contributed by atoms with E-state index in [0.29, 0.717) is 6.04 Å². The fourth-order valence-electron chi connectivity index (χ4n) is 2.68. The highest BCUT2D eigenvalue weighted by atomic mass is 15.2. The van der Waals surface area contributed by atoms with Crippen LogP contribution in [-0.4, -0.2) is 30.6 Å². The van der Waals surface area contributed by atoms with Crippen LogP contribution in [0.1, 0.15) is 32.6 Å². The molecule has 0 aromatic heterocycles. The Labute approximate surface area is 75.1 Å². The van der Waals surface area contributed by atoms with Gasteiger partial charge in [-0.3, -0.25) is 0 Å². The number of rotatable bonds is 2. The molecule has 2 rings (SSSR count). The SMILES string of the molecule is CC(N)CN1CCC2(CCC2)C1. The molecule has 2 fully saturated rings. The van der Waals surface area contributed by atoms with Crippen LogP contribution in [0.2, 0.25) is 0 Å². The van der Waals surface area contributed by atoms with Crippen LogP contribution in [0.5, 0.6) is 0 Å². The van der Waals surface area contributed by atoms with E-state index in [1.807, 2.05) is 0 Å². The first-order valence-electron chi connectivity index (χ1n) is 5.18. The second-order valence-corrected chi connectivity index (χ2v) is 4.82. The van der Waals surface area contributed by atoms with Gasteiger partial charge < -0.3 is 10.6 Å². The van der Waals surface area contributed by atoms with Gasteiger partial charge in [0.1, 0.15) is 0 Å². The average molecular weight is 168 g/mol. The summed E-state index contributed by atoms with van der Waals surface area (Å²) in [5.41, 5.74) is 6.52. The van der Waals surface area contributed by atoms with Crippen LogP contribution in [0.15, 0.2) is 0 Å². The quantitative estimate of drug-likeness (QED) is 0.671. The van der Waals surface area contributed by atoms with Crippen molar-refractivity contribution >= 4 is 0 Å². The molecule has 2 heteroatoms. The van der Waals surface area contributed by atoms with Gasteiger partial charge in [-0.15, -0.1) is 0 Å². The highest BCUT2D eigenvalue weighted by Gasteiger charge is 2.42. The third-order valence-electron chi connectivity index (χ3n) is 3.48. The molecule has 2 N–H and O–H groups in total. The number of hydrogen-bond acceptors (Lipinski definition) is 2. The van der Waals surface area contributed by atoms with Crippen LogP contribution in [0.3, 0.4) is 0 Å². The standard InChI is InChI=1S/C10H20N2/c1-9(11)7-12-6-5-10(8-12)3-2-4-10/h9H,2-8,11H2,1H3. The van der Waals surface area contributed by atoms with E-state index in [1.54, 1.807) is 0 Å². The maximum absolute atomic E-state index is 5.78. The zero-order valence-corrected chi connectivity index (χ0v) is 8.05. The first kappa shape index (κ1) is 8.52. The summed E-state index contributed by atoms with van der Waals surface area (Å²) < 4.78 is 0. The van der Waals surface area contributed by atoms with Crippen LogP contribution in [-0.2, 0) is 0 Å². The molecular formula is C10H20N2. The second kappa shape index (κ2) is 3.00. The molecule has 0 bridgehead atoms. The van der Waals surface area contributed by atoms with Crippen molar-refractivity contribution in [2.75, 3.05) is 19.6 Å². The molecule has 0 amide bonds. The van der Waals surface area contributed by atoms with E-state index < -0.39 is 0 Å². The monoisotopic (exact) mass is 168 g/mol. The van der Waals surface area contributed by atoms with Gasteiger partial charge >= 0.3 is 0 Å². The molecule has 0 radical (unpaired) electrons. The van der Waals surface area contributed by atoms with Crippen LogP contribution in [0.4, 0.5) is 0 Å². The van der Waals surface area contributed by atoms with Crippen LogP contribution < -0.4 is 5.73 Å². The summed E-state index contributed by atoms with van der Waals surface area (Å²) in [7, 11) is 0. The van der Waals surface area contributed by atoms with Gasteiger partial charge in [0, 0.05) is 19.1 Å². The number of likely N-dealkylation sites (tertiary alicyclic amines) is 1. The molecule has 1 spiro atoms. The molecule has 0 aromatic rings. The Balaban J connectivity index is 1.81. The van der Waals surface area contributed by atoms with Gasteiger partial charge in [0.25, 0.3) is 0 Å². The molecule has 2 aliphatic rings. The molecular weight excluding hydrogens is 148 g/mol. The minimum absolute atomic E-state index is 0.347. The minimum Gasteiger partial charge on any atom is -0.327 e. The number of hydrogen-bond donors (Lipinski definition) is 1. The fraction of sp³-hybridized carbons (Fsp3) is 1.00. The lowest BCUT2D eigenvalue weighted by Crippen LogP contribution is -2.37. The molecule has 1 saturated carbocycles. The summed E-state index contributed by atoms with van der Waals surface area (Å²) >= 11 is 0. The fourth-order valence-corrected chi connectivity index (χ4v) is 2.68. The minimum atomic E-state index is 0.347. The van der Waals surface area contributed by atoms with E-state index in [4.69, 9.17) is 5.73 Å². The van der Waals surface area contributed by atoms with E-state index in [-0.39, 0.29) is 0 Å². The topological polar surface area (TPSA) is 29.3 Å². The maximum Gasteiger partial charge on any atom is 0.0139 e. The van der Waals surface area contributed by atoms with Crippen LogP contribution in [0.25, 0.3) is 0 Å². The predicted molar refractivity (Wildman–Crippen MR) is 51.0 cm³/mol. The number of nitrogens with zero attached hydrogens (tertiary/aromatic N) is 1. The van der Waals surface area contributed by atoms with E-state index in [9.17, 15) is 0 Å². The lowest BCUT2D eigenvalue weighted by molar-refractivity contribution is 0.138. The Morgan fingerprint density at radius 2 is 2.17 bits per heavy atom. The van der Waals surface area contributed by atoms with E-state index in [1.165, 1.54) is 38.8 Å². The van der Waals surface area contributed by atoms with Crippen LogP contribution in [0, 0.1) is 5.41 Å². The van der Waals surface area contributed by atoms with Crippen molar-refractivity contribution in [2.45, 2.75) is 38.6 Å². The average Bonchev–Trinajstić information content (AvgIpc) is 2.29. The highest BCUT2D eigenvalue weighted by Crippen LogP contribution is 2.47. The lowest BCUT2D eigenvalue weighted by Gasteiger charge is -2.38. The van der Waals surface area contributed by atoms with Crippen molar-refractivity contribution in [3.63, 3.8) is 0 Å². The van der Waals surface area contributed by atoms with Gasteiger partial charge in [0.2, 0.25) is 0 Å². The summed E-state index contributed by atoms with van der Waals surface area (Å²) in [6, 6.07) is 0.347. The summed E-state index contributed by atoms with van der Waals surface area (Å²) in [5.74, 6) is 0. The first-order chi connectivity index (χ1) is 5.70. The van der Waals surface area contributed by atoms with E-state index in [2.05, 4.69) is 11.8 Å². The Kier molecular flexibility index (Phi) is 2.13. The van der Waals surface area contributed by atoms with Crippen molar-refractivity contribution in [1.29, 1.82) is 0 Å². The van der Waals surface area contributed by atoms with E-state index in [0.717, 1.165) is 12.0 Å². The third kappa shape index (κ3) is 1.50. The summed E-state index contributed by atoms with van der Waals surface area (Å²) in [5, 5.41) is 0. The van der Waals surface area contributed by atoms with Crippen molar-refractivity contribution in [1.82, 2.24) is 4.90 Å². The first-order valence-corrected chi connectivity index (χ1v) is 5.18. The molecule has 12 heavy (non-hydrogen) atoms. The number of nitrogens with two attached hydrogens (primary N) is 1. The maximum atomic E-state index is 5.78. The van der Waals surface area contributed by atoms with Crippen molar-refractivity contribution in [3.8, 4) is 0 Å². The van der Waals surface area contributed by atoms with Gasteiger partial charge in [-0.05, 0) is 38.1 Å². The van der Waals surface area contributed by atoms with Crippen molar-refractivity contribution in [3.05, 3.63) is 0 Å². The molecule has 1 aliphatic heterocycles. The largest absolute Gasteiger partial charge is 0.327 e. The Morgan fingerprint density at radius 3 is 2.58 bits per heavy atom. The highest BCUT2D eigenvalue weighted by molar-refractivity contribution is 4.95. The lowest BCUT2D eigenvalue weighted by atomic mass is 9.68. The molecule has 1 saturated heterocycles. The van der Waals surface area contributed by atoms with Crippen molar-refractivity contribution < 1.29 is 0 Å². The normalized spacial score (nSPS) is 30.5. The summed E-state index contributed by atoms with van der Waals surface area (Å²) in [6.07, 6.45) is 5.84. The Hall–Kier alpha value is -0.0800. The molecule has 1 aliphatic carbocycles. The molecule has 1 atom stereocenters. The van der Waals surface area contributed by atoms with Gasteiger partial charge in [0.05, 0.1) is 0 Å². The molecule has 1 heterocycles. The molecule has 2 nitrogen and oxygen atoms in total. The smallest absolute Gasteiger partial charge is 0.0139 e. The molecule has 1 unspecified atom stereocenters. The summed E-state index contributed by atoms with van der Waals surface area (Å²) in [6.45, 7) is 5.82. The van der Waals surface area contributed by atoms with Gasteiger partial charge in [-0.25, -0.2) is 0 Å². The zero-order valence-electron chi connectivity index (χ0n) is 8.05. The zero-order chi connectivity index (χ0) is 8.60. The molecule has 0 aromatic carbocycles. The van der Waals surface area contributed by atoms with Crippen LogP contribution >= 0.6 is 0 Å². The Bertz CT molecular complexity index is 161.